The SMILES string of the molecule is [C-]#[N+]c1ccc2c(c1)c1c(-c3cccc4c5ccccc5n(-c5cccc(C#N)c5)c34)cccc1n2-c1ccccc1[N+]#[C-]. The summed E-state index contributed by atoms with van der Waals surface area (Å²) < 4.78 is 4.39. The number of benzene rings is 6. The average molecular weight is 560 g/mol. The molecule has 2 heterocycles. The Balaban J connectivity index is 1.56. The molecule has 0 radical (unpaired) electrons. The lowest BCUT2D eigenvalue weighted by Gasteiger charge is -2.13. The van der Waals surface area contributed by atoms with Crippen LogP contribution in [0.2, 0.25) is 0 Å². The van der Waals surface area contributed by atoms with E-state index in [4.69, 9.17) is 13.1 Å². The minimum absolute atomic E-state index is 0.561. The van der Waals surface area contributed by atoms with Crippen LogP contribution in [0.4, 0.5) is 11.4 Å². The molecule has 0 saturated heterocycles. The van der Waals surface area contributed by atoms with Gasteiger partial charge in [-0.2, -0.15) is 5.26 Å². The van der Waals surface area contributed by atoms with Crippen LogP contribution < -0.4 is 0 Å². The van der Waals surface area contributed by atoms with Gasteiger partial charge in [0.1, 0.15) is 0 Å². The molecule has 2 aromatic heterocycles. The first-order chi connectivity index (χ1) is 21.7. The summed E-state index contributed by atoms with van der Waals surface area (Å²) in [6.07, 6.45) is 0. The Kier molecular flexibility index (Phi) is 5.56. The van der Waals surface area contributed by atoms with Crippen molar-refractivity contribution < 1.29 is 0 Å². The molecule has 0 N–H and O–H groups in total. The van der Waals surface area contributed by atoms with Gasteiger partial charge in [0.15, 0.2) is 5.69 Å². The molecule has 0 fully saturated rings. The van der Waals surface area contributed by atoms with Crippen molar-refractivity contribution in [1.82, 2.24) is 9.13 Å². The molecule has 0 aliphatic rings. The fourth-order valence-corrected chi connectivity index (χ4v) is 6.58. The average Bonchev–Trinajstić information content (AvgIpc) is 3.61. The number of para-hydroxylation sites is 4. The molecule has 0 aliphatic carbocycles. The van der Waals surface area contributed by atoms with E-state index in [1.165, 1.54) is 0 Å². The Morgan fingerprint density at radius 2 is 1.30 bits per heavy atom. The summed E-state index contributed by atoms with van der Waals surface area (Å²) in [5.41, 5.74) is 9.50. The number of hydrogen-bond donors (Lipinski definition) is 0. The summed E-state index contributed by atoms with van der Waals surface area (Å²) in [7, 11) is 0. The van der Waals surface area contributed by atoms with Gasteiger partial charge < -0.3 is 9.13 Å². The Labute approximate surface area is 253 Å². The van der Waals surface area contributed by atoms with E-state index in [2.05, 4.69) is 79.5 Å². The first kappa shape index (κ1) is 25.1. The molecular weight excluding hydrogens is 538 g/mol. The minimum atomic E-state index is 0.561. The zero-order valence-electron chi connectivity index (χ0n) is 23.4. The van der Waals surface area contributed by atoms with Gasteiger partial charge in [-0.1, -0.05) is 78.9 Å². The summed E-state index contributed by atoms with van der Waals surface area (Å²) in [5.74, 6) is 0. The van der Waals surface area contributed by atoms with Crippen LogP contribution in [0.1, 0.15) is 5.56 Å². The van der Waals surface area contributed by atoms with Crippen LogP contribution in [0.5, 0.6) is 0 Å². The number of rotatable bonds is 3. The van der Waals surface area contributed by atoms with E-state index < -0.39 is 0 Å². The van der Waals surface area contributed by atoms with E-state index >= 15 is 0 Å². The molecule has 0 bridgehead atoms. The van der Waals surface area contributed by atoms with E-state index in [1.807, 2.05) is 72.8 Å². The highest BCUT2D eigenvalue weighted by molar-refractivity contribution is 6.21. The number of nitrogens with zero attached hydrogens (tertiary/aromatic N) is 5. The smallest absolute Gasteiger partial charge is 0.210 e. The summed E-state index contributed by atoms with van der Waals surface area (Å²) in [5, 5.41) is 13.9. The normalized spacial score (nSPS) is 11.1. The third kappa shape index (κ3) is 3.56. The largest absolute Gasteiger partial charge is 0.319 e. The maximum absolute atomic E-state index is 9.71. The molecule has 202 valence electrons. The van der Waals surface area contributed by atoms with Gasteiger partial charge in [-0.15, -0.1) is 0 Å². The molecule has 5 nitrogen and oxygen atoms in total. The molecule has 6 aromatic carbocycles. The van der Waals surface area contributed by atoms with Gasteiger partial charge in [0.25, 0.3) is 0 Å². The van der Waals surface area contributed by atoms with E-state index in [0.717, 1.165) is 66.1 Å². The predicted octanol–water partition coefficient (Wildman–Crippen LogP) is 10.5. The Morgan fingerprint density at radius 3 is 2.16 bits per heavy atom. The molecule has 0 atom stereocenters. The molecule has 0 aliphatic heterocycles. The zero-order valence-corrected chi connectivity index (χ0v) is 23.4. The highest BCUT2D eigenvalue weighted by Crippen LogP contribution is 2.45. The van der Waals surface area contributed by atoms with Gasteiger partial charge in [-0.3, -0.25) is 0 Å². The molecule has 8 aromatic rings. The van der Waals surface area contributed by atoms with Crippen LogP contribution in [0.15, 0.2) is 127 Å². The van der Waals surface area contributed by atoms with Crippen LogP contribution in [0.25, 0.3) is 75.8 Å². The zero-order chi connectivity index (χ0) is 29.8. The number of nitriles is 1. The first-order valence-electron chi connectivity index (χ1n) is 14.2. The molecule has 5 heteroatoms. The van der Waals surface area contributed by atoms with Crippen LogP contribution in [0.3, 0.4) is 0 Å². The Hall–Kier alpha value is -6.61. The molecule has 0 spiro atoms. The van der Waals surface area contributed by atoms with Crippen LogP contribution in [-0.4, -0.2) is 9.13 Å². The van der Waals surface area contributed by atoms with Gasteiger partial charge >= 0.3 is 0 Å². The number of hydrogen-bond acceptors (Lipinski definition) is 1. The monoisotopic (exact) mass is 559 g/mol. The van der Waals surface area contributed by atoms with Gasteiger partial charge in [0, 0.05) is 27.4 Å². The maximum atomic E-state index is 9.71. The quantitative estimate of drug-likeness (QED) is 0.199. The highest BCUT2D eigenvalue weighted by atomic mass is 15.0. The van der Waals surface area contributed by atoms with E-state index in [1.54, 1.807) is 0 Å². The molecule has 0 unspecified atom stereocenters. The van der Waals surface area contributed by atoms with Crippen molar-refractivity contribution >= 4 is 55.0 Å². The second-order valence-electron chi connectivity index (χ2n) is 10.7. The van der Waals surface area contributed by atoms with Crippen molar-refractivity contribution in [3.8, 4) is 28.6 Å². The second kappa shape index (κ2) is 9.74. The van der Waals surface area contributed by atoms with Crippen molar-refractivity contribution in [3.63, 3.8) is 0 Å². The lowest BCUT2D eigenvalue weighted by Crippen LogP contribution is -1.96. The molecule has 44 heavy (non-hydrogen) atoms. The summed E-state index contributed by atoms with van der Waals surface area (Å²) in [6, 6.07) is 44.5. The van der Waals surface area contributed by atoms with Crippen molar-refractivity contribution in [2.75, 3.05) is 0 Å². The topological polar surface area (TPSA) is 42.4 Å². The predicted molar refractivity (Wildman–Crippen MR) is 178 cm³/mol. The van der Waals surface area contributed by atoms with Crippen molar-refractivity contribution in [2.24, 2.45) is 0 Å². The van der Waals surface area contributed by atoms with Gasteiger partial charge in [0.05, 0.1) is 52.5 Å². The van der Waals surface area contributed by atoms with Crippen LogP contribution >= 0.6 is 0 Å². The van der Waals surface area contributed by atoms with Crippen molar-refractivity contribution in [1.29, 1.82) is 5.26 Å². The van der Waals surface area contributed by atoms with E-state index in [9.17, 15) is 5.26 Å². The molecule has 0 saturated carbocycles. The maximum Gasteiger partial charge on any atom is 0.210 e. The summed E-state index contributed by atoms with van der Waals surface area (Å²) in [4.78, 5) is 7.59. The number of fused-ring (bicyclic) bond motifs is 6. The summed E-state index contributed by atoms with van der Waals surface area (Å²) in [6.45, 7) is 15.6. The number of aromatic nitrogens is 2. The van der Waals surface area contributed by atoms with E-state index in [-0.39, 0.29) is 0 Å². The summed E-state index contributed by atoms with van der Waals surface area (Å²) >= 11 is 0. The molecule has 0 amide bonds. The third-order valence-corrected chi connectivity index (χ3v) is 8.36. The lowest BCUT2D eigenvalue weighted by molar-refractivity contribution is 1.18. The fourth-order valence-electron chi connectivity index (χ4n) is 6.58. The highest BCUT2D eigenvalue weighted by Gasteiger charge is 2.21. The standard InChI is InChI=1S/C39H21N5/c1-41-26-20-21-35-32(23-26)38-29(13-9-19-37(38)44(35)36-18-6-4-16-33(36)42-2)31-15-8-14-30-28-12-3-5-17-34(28)43(39(30)31)27-11-7-10-25(22-27)24-40/h3-23H. The Bertz CT molecular complexity index is 2600. The molecular formula is C39H21N5. The minimum Gasteiger partial charge on any atom is -0.319 e. The van der Waals surface area contributed by atoms with Crippen molar-refractivity contribution in [3.05, 3.63) is 156 Å². The Morgan fingerprint density at radius 1 is 0.568 bits per heavy atom. The van der Waals surface area contributed by atoms with Crippen LogP contribution in [-0.2, 0) is 0 Å². The van der Waals surface area contributed by atoms with Crippen LogP contribution in [0, 0.1) is 24.5 Å². The third-order valence-electron chi connectivity index (χ3n) is 8.36. The van der Waals surface area contributed by atoms with Gasteiger partial charge in [-0.25, -0.2) is 9.69 Å². The van der Waals surface area contributed by atoms with Gasteiger partial charge in [0.2, 0.25) is 5.69 Å². The fraction of sp³-hybridized carbons (Fsp3) is 0. The second-order valence-corrected chi connectivity index (χ2v) is 10.7. The first-order valence-corrected chi connectivity index (χ1v) is 14.2. The molecule has 8 rings (SSSR count). The van der Waals surface area contributed by atoms with Crippen molar-refractivity contribution in [2.45, 2.75) is 0 Å². The van der Waals surface area contributed by atoms with E-state index in [0.29, 0.717) is 16.9 Å². The lowest BCUT2D eigenvalue weighted by atomic mass is 9.97. The van der Waals surface area contributed by atoms with Gasteiger partial charge in [-0.05, 0) is 59.5 Å².